The molecule has 0 spiro atoms. The summed E-state index contributed by atoms with van der Waals surface area (Å²) >= 11 is 0. The van der Waals surface area contributed by atoms with Crippen LogP contribution in [0.5, 0.6) is 0 Å². The van der Waals surface area contributed by atoms with E-state index in [2.05, 4.69) is 19.2 Å². The molecule has 0 heterocycles. The molecule has 2 atom stereocenters. The highest BCUT2D eigenvalue weighted by atomic mass is 16.3. The minimum Gasteiger partial charge on any atom is -0.394 e. The second-order valence-corrected chi connectivity index (χ2v) is 13.4. The van der Waals surface area contributed by atoms with E-state index >= 15 is 0 Å². The smallest absolute Gasteiger partial charge is 0.220 e. The summed E-state index contributed by atoms with van der Waals surface area (Å²) < 4.78 is 0. The predicted molar refractivity (Wildman–Crippen MR) is 189 cm³/mol. The summed E-state index contributed by atoms with van der Waals surface area (Å²) in [6.07, 6.45) is 43.0. The molecule has 0 aromatic rings. The molecule has 0 saturated heterocycles. The van der Waals surface area contributed by atoms with Crippen LogP contribution >= 0.6 is 0 Å². The van der Waals surface area contributed by atoms with Gasteiger partial charge in [-0.15, -0.1) is 0 Å². The molecule has 0 saturated carbocycles. The average molecular weight is 608 g/mol. The standard InChI is InChI=1S/C39H77NO3/c1-3-5-7-9-11-13-15-17-19-21-22-24-26-28-30-32-34-38(42)37(36-41)40-39(43)35-33-31-29-27-25-23-20-18-16-14-12-10-8-6-4-2/h32,34,37-38,41-42H,3-31,33,35-36H2,1-2H3,(H,40,43)/b34-32+. The van der Waals surface area contributed by atoms with Crippen molar-refractivity contribution in [1.29, 1.82) is 0 Å². The van der Waals surface area contributed by atoms with Gasteiger partial charge in [0.1, 0.15) is 0 Å². The Morgan fingerprint density at radius 1 is 0.535 bits per heavy atom. The van der Waals surface area contributed by atoms with E-state index < -0.39 is 12.1 Å². The lowest BCUT2D eigenvalue weighted by Crippen LogP contribution is -2.45. The molecule has 0 aliphatic heterocycles. The molecule has 0 bridgehead atoms. The quantitative estimate of drug-likeness (QED) is 0.0496. The van der Waals surface area contributed by atoms with Crippen LogP contribution in [0.2, 0.25) is 0 Å². The third kappa shape index (κ3) is 32.3. The fourth-order valence-corrected chi connectivity index (χ4v) is 6.00. The van der Waals surface area contributed by atoms with Crippen molar-refractivity contribution in [1.82, 2.24) is 5.32 Å². The average Bonchev–Trinajstić information content (AvgIpc) is 3.01. The summed E-state index contributed by atoms with van der Waals surface area (Å²) in [7, 11) is 0. The van der Waals surface area contributed by atoms with Crippen molar-refractivity contribution in [2.75, 3.05) is 6.61 Å². The minimum absolute atomic E-state index is 0.0619. The van der Waals surface area contributed by atoms with Crippen molar-refractivity contribution in [3.8, 4) is 0 Å². The first-order valence-corrected chi connectivity index (χ1v) is 19.4. The molecule has 4 heteroatoms. The summed E-state index contributed by atoms with van der Waals surface area (Å²) in [5, 5.41) is 22.9. The number of allylic oxidation sites excluding steroid dienone is 1. The van der Waals surface area contributed by atoms with E-state index in [1.165, 1.54) is 167 Å². The Labute approximate surface area is 269 Å². The molecule has 0 fully saturated rings. The van der Waals surface area contributed by atoms with Crippen molar-refractivity contribution in [2.45, 2.75) is 225 Å². The Bertz CT molecular complexity index is 579. The highest BCUT2D eigenvalue weighted by Gasteiger charge is 2.17. The maximum atomic E-state index is 12.3. The summed E-state index contributed by atoms with van der Waals surface area (Å²) in [4.78, 5) is 12.3. The third-order valence-corrected chi connectivity index (χ3v) is 9.02. The Balaban J connectivity index is 3.58. The zero-order valence-electron chi connectivity index (χ0n) is 29.2. The number of carbonyl (C=O) groups is 1. The van der Waals surface area contributed by atoms with Gasteiger partial charge in [0.05, 0.1) is 18.8 Å². The van der Waals surface area contributed by atoms with Gasteiger partial charge in [0, 0.05) is 6.42 Å². The van der Waals surface area contributed by atoms with E-state index in [-0.39, 0.29) is 12.5 Å². The molecule has 0 aromatic heterocycles. The molecule has 2 unspecified atom stereocenters. The van der Waals surface area contributed by atoms with E-state index in [4.69, 9.17) is 0 Å². The monoisotopic (exact) mass is 608 g/mol. The molecule has 4 nitrogen and oxygen atoms in total. The number of carbonyl (C=O) groups excluding carboxylic acids is 1. The first-order valence-electron chi connectivity index (χ1n) is 19.4. The number of aliphatic hydroxyl groups is 2. The van der Waals surface area contributed by atoms with Crippen LogP contribution in [-0.2, 0) is 4.79 Å². The molecular formula is C39H77NO3. The first-order chi connectivity index (χ1) is 21.2. The Morgan fingerprint density at radius 3 is 1.21 bits per heavy atom. The first kappa shape index (κ1) is 42.1. The fourth-order valence-electron chi connectivity index (χ4n) is 6.00. The minimum atomic E-state index is -0.832. The SMILES string of the molecule is CCCCCCCCCCCCCCCC/C=C/C(O)C(CO)NC(=O)CCCCCCCCCCCCCCCCC. The lowest BCUT2D eigenvalue weighted by molar-refractivity contribution is -0.123. The Morgan fingerprint density at radius 2 is 0.860 bits per heavy atom. The van der Waals surface area contributed by atoms with E-state index in [0.29, 0.717) is 6.42 Å². The van der Waals surface area contributed by atoms with Crippen LogP contribution in [0.1, 0.15) is 213 Å². The van der Waals surface area contributed by atoms with Gasteiger partial charge < -0.3 is 15.5 Å². The van der Waals surface area contributed by atoms with Gasteiger partial charge in [-0.05, 0) is 19.3 Å². The number of aliphatic hydroxyl groups excluding tert-OH is 2. The van der Waals surface area contributed by atoms with Crippen LogP contribution < -0.4 is 5.32 Å². The molecule has 0 aliphatic rings. The molecule has 0 radical (unpaired) electrons. The van der Waals surface area contributed by atoms with Gasteiger partial charge in [-0.25, -0.2) is 0 Å². The molecule has 256 valence electrons. The largest absolute Gasteiger partial charge is 0.394 e. The van der Waals surface area contributed by atoms with Gasteiger partial charge in [-0.1, -0.05) is 199 Å². The third-order valence-electron chi connectivity index (χ3n) is 9.02. The molecule has 43 heavy (non-hydrogen) atoms. The number of amides is 1. The van der Waals surface area contributed by atoms with Crippen LogP contribution in [-0.4, -0.2) is 34.9 Å². The van der Waals surface area contributed by atoms with Crippen molar-refractivity contribution in [2.24, 2.45) is 0 Å². The van der Waals surface area contributed by atoms with E-state index in [9.17, 15) is 15.0 Å². The normalized spacial score (nSPS) is 13.1. The zero-order chi connectivity index (χ0) is 31.5. The number of hydrogen-bond donors (Lipinski definition) is 3. The molecule has 3 N–H and O–H groups in total. The Hall–Kier alpha value is -0.870. The second-order valence-electron chi connectivity index (χ2n) is 13.4. The topological polar surface area (TPSA) is 69.6 Å². The molecule has 1 amide bonds. The number of rotatable bonds is 35. The van der Waals surface area contributed by atoms with Crippen LogP contribution in [0.25, 0.3) is 0 Å². The molecule has 0 aliphatic carbocycles. The highest BCUT2D eigenvalue weighted by Crippen LogP contribution is 2.15. The summed E-state index contributed by atoms with van der Waals surface area (Å²) in [5.74, 6) is -0.0619. The van der Waals surface area contributed by atoms with Gasteiger partial charge in [-0.2, -0.15) is 0 Å². The Kier molecular flexibility index (Phi) is 34.9. The maximum absolute atomic E-state index is 12.3. The number of unbranched alkanes of at least 4 members (excludes halogenated alkanes) is 28. The number of hydrogen-bond acceptors (Lipinski definition) is 3. The van der Waals surface area contributed by atoms with Crippen LogP contribution in [0.15, 0.2) is 12.2 Å². The lowest BCUT2D eigenvalue weighted by Gasteiger charge is -2.20. The van der Waals surface area contributed by atoms with Crippen molar-refractivity contribution in [3.63, 3.8) is 0 Å². The fraction of sp³-hybridized carbons (Fsp3) is 0.923. The van der Waals surface area contributed by atoms with Crippen molar-refractivity contribution in [3.05, 3.63) is 12.2 Å². The van der Waals surface area contributed by atoms with Crippen LogP contribution in [0.4, 0.5) is 0 Å². The van der Waals surface area contributed by atoms with Crippen LogP contribution in [0, 0.1) is 0 Å². The van der Waals surface area contributed by atoms with Crippen LogP contribution in [0.3, 0.4) is 0 Å². The summed E-state index contributed by atoms with van der Waals surface area (Å²) in [5.41, 5.74) is 0. The van der Waals surface area contributed by atoms with E-state index in [1.54, 1.807) is 6.08 Å². The molecular weight excluding hydrogens is 530 g/mol. The van der Waals surface area contributed by atoms with Gasteiger partial charge in [0.2, 0.25) is 5.91 Å². The maximum Gasteiger partial charge on any atom is 0.220 e. The highest BCUT2D eigenvalue weighted by molar-refractivity contribution is 5.76. The lowest BCUT2D eigenvalue weighted by atomic mass is 10.0. The van der Waals surface area contributed by atoms with Crippen molar-refractivity contribution < 1.29 is 15.0 Å². The van der Waals surface area contributed by atoms with E-state index in [0.717, 1.165) is 25.7 Å². The van der Waals surface area contributed by atoms with Gasteiger partial charge in [-0.3, -0.25) is 4.79 Å². The second kappa shape index (κ2) is 35.6. The van der Waals surface area contributed by atoms with Crippen molar-refractivity contribution >= 4 is 5.91 Å². The molecule has 0 rings (SSSR count). The van der Waals surface area contributed by atoms with Gasteiger partial charge >= 0.3 is 0 Å². The zero-order valence-corrected chi connectivity index (χ0v) is 29.2. The predicted octanol–water partition coefficient (Wildman–Crippen LogP) is 11.5. The summed E-state index contributed by atoms with van der Waals surface area (Å²) in [6.45, 7) is 4.31. The van der Waals surface area contributed by atoms with E-state index in [1.807, 2.05) is 6.08 Å². The molecule has 0 aromatic carbocycles. The van der Waals surface area contributed by atoms with Gasteiger partial charge in [0.25, 0.3) is 0 Å². The van der Waals surface area contributed by atoms with Gasteiger partial charge in [0.15, 0.2) is 0 Å². The number of nitrogens with one attached hydrogen (secondary N) is 1. The summed E-state index contributed by atoms with van der Waals surface area (Å²) in [6, 6.07) is -0.614.